The maximum Gasteiger partial charge on any atom is 0.0701 e. The fourth-order valence-corrected chi connectivity index (χ4v) is 1.75. The molecule has 0 amide bonds. The lowest BCUT2D eigenvalue weighted by Gasteiger charge is -2.12. The SMILES string of the molecule is COCCCOCCOCCNC(C)C1CC1. The van der Waals surface area contributed by atoms with Crippen molar-refractivity contribution < 1.29 is 14.2 Å². The summed E-state index contributed by atoms with van der Waals surface area (Å²) in [5.74, 6) is 0.916. The normalized spacial score (nSPS) is 17.3. The van der Waals surface area contributed by atoms with Crippen LogP contribution in [0.15, 0.2) is 0 Å². The first-order chi connectivity index (χ1) is 8.34. The highest BCUT2D eigenvalue weighted by Gasteiger charge is 2.26. The molecule has 1 aliphatic rings. The van der Waals surface area contributed by atoms with Gasteiger partial charge in [0.25, 0.3) is 0 Å². The fourth-order valence-electron chi connectivity index (χ4n) is 1.75. The molecule has 0 saturated heterocycles. The number of ether oxygens (including phenoxy) is 3. The smallest absolute Gasteiger partial charge is 0.0701 e. The van der Waals surface area contributed by atoms with Crippen LogP contribution >= 0.6 is 0 Å². The van der Waals surface area contributed by atoms with Crippen LogP contribution in [0, 0.1) is 5.92 Å². The molecule has 1 N–H and O–H groups in total. The number of rotatable bonds is 12. The van der Waals surface area contributed by atoms with Crippen molar-refractivity contribution in [2.75, 3.05) is 46.7 Å². The molecule has 102 valence electrons. The van der Waals surface area contributed by atoms with Gasteiger partial charge in [0.05, 0.1) is 19.8 Å². The van der Waals surface area contributed by atoms with E-state index in [9.17, 15) is 0 Å². The first-order valence-electron chi connectivity index (χ1n) is 6.72. The molecule has 1 unspecified atom stereocenters. The molecule has 1 atom stereocenters. The monoisotopic (exact) mass is 245 g/mol. The minimum absolute atomic E-state index is 0.656. The molecule has 4 heteroatoms. The number of hydrogen-bond donors (Lipinski definition) is 1. The van der Waals surface area contributed by atoms with E-state index in [1.165, 1.54) is 12.8 Å². The Labute approximate surface area is 105 Å². The molecule has 0 heterocycles. The zero-order chi connectivity index (χ0) is 12.3. The van der Waals surface area contributed by atoms with E-state index in [2.05, 4.69) is 12.2 Å². The maximum absolute atomic E-state index is 5.47. The minimum atomic E-state index is 0.656. The molecule has 4 nitrogen and oxygen atoms in total. The highest BCUT2D eigenvalue weighted by atomic mass is 16.5. The van der Waals surface area contributed by atoms with Crippen LogP contribution in [0.1, 0.15) is 26.2 Å². The Kier molecular flexibility index (Phi) is 8.61. The third-order valence-corrected chi connectivity index (χ3v) is 3.05. The van der Waals surface area contributed by atoms with Crippen molar-refractivity contribution >= 4 is 0 Å². The Balaban J connectivity index is 1.69. The Bertz CT molecular complexity index is 174. The van der Waals surface area contributed by atoms with Crippen LogP contribution in [0.3, 0.4) is 0 Å². The summed E-state index contributed by atoms with van der Waals surface area (Å²) in [4.78, 5) is 0. The second kappa shape index (κ2) is 9.83. The van der Waals surface area contributed by atoms with Gasteiger partial charge in [0.15, 0.2) is 0 Å². The molecular weight excluding hydrogens is 218 g/mol. The third kappa shape index (κ3) is 8.55. The van der Waals surface area contributed by atoms with Crippen molar-refractivity contribution in [3.63, 3.8) is 0 Å². The molecule has 0 aliphatic heterocycles. The highest BCUT2D eigenvalue weighted by molar-refractivity contribution is 4.82. The predicted molar refractivity (Wildman–Crippen MR) is 68.3 cm³/mol. The molecule has 1 saturated carbocycles. The van der Waals surface area contributed by atoms with Gasteiger partial charge in [-0.1, -0.05) is 0 Å². The van der Waals surface area contributed by atoms with Gasteiger partial charge in [0, 0.05) is 32.9 Å². The van der Waals surface area contributed by atoms with E-state index in [1.807, 2.05) is 0 Å². The van der Waals surface area contributed by atoms with Crippen LogP contribution in [0.5, 0.6) is 0 Å². The lowest BCUT2D eigenvalue weighted by atomic mass is 10.2. The molecule has 0 aromatic carbocycles. The van der Waals surface area contributed by atoms with Gasteiger partial charge < -0.3 is 19.5 Å². The van der Waals surface area contributed by atoms with Crippen molar-refractivity contribution in [3.05, 3.63) is 0 Å². The first-order valence-corrected chi connectivity index (χ1v) is 6.72. The van der Waals surface area contributed by atoms with Gasteiger partial charge in [-0.05, 0) is 32.1 Å². The summed E-state index contributed by atoms with van der Waals surface area (Å²) >= 11 is 0. The zero-order valence-corrected chi connectivity index (χ0v) is 11.2. The van der Waals surface area contributed by atoms with Gasteiger partial charge in [-0.15, -0.1) is 0 Å². The predicted octanol–water partition coefficient (Wildman–Crippen LogP) is 1.44. The van der Waals surface area contributed by atoms with Crippen molar-refractivity contribution in [2.45, 2.75) is 32.2 Å². The lowest BCUT2D eigenvalue weighted by Crippen LogP contribution is -2.31. The van der Waals surface area contributed by atoms with E-state index in [1.54, 1.807) is 7.11 Å². The van der Waals surface area contributed by atoms with Crippen molar-refractivity contribution in [2.24, 2.45) is 5.92 Å². The maximum atomic E-state index is 5.47. The van der Waals surface area contributed by atoms with Crippen LogP contribution in [-0.4, -0.2) is 52.7 Å². The van der Waals surface area contributed by atoms with Gasteiger partial charge >= 0.3 is 0 Å². The quantitative estimate of drug-likeness (QED) is 0.528. The molecule has 0 aromatic rings. The van der Waals surface area contributed by atoms with Crippen LogP contribution in [-0.2, 0) is 14.2 Å². The average molecular weight is 245 g/mol. The zero-order valence-electron chi connectivity index (χ0n) is 11.2. The summed E-state index contributed by atoms with van der Waals surface area (Å²) in [6, 6.07) is 0.656. The fraction of sp³-hybridized carbons (Fsp3) is 1.00. The Morgan fingerprint density at radius 1 is 1.06 bits per heavy atom. The highest BCUT2D eigenvalue weighted by Crippen LogP contribution is 2.32. The Hall–Kier alpha value is -0.160. The average Bonchev–Trinajstić information content (AvgIpc) is 3.15. The Morgan fingerprint density at radius 2 is 1.76 bits per heavy atom. The molecule has 0 radical (unpaired) electrons. The summed E-state index contributed by atoms with van der Waals surface area (Å²) in [5, 5.41) is 3.48. The van der Waals surface area contributed by atoms with E-state index in [0.29, 0.717) is 19.3 Å². The van der Waals surface area contributed by atoms with Gasteiger partial charge in [0.1, 0.15) is 0 Å². The van der Waals surface area contributed by atoms with Gasteiger partial charge in [-0.25, -0.2) is 0 Å². The van der Waals surface area contributed by atoms with E-state index in [-0.39, 0.29) is 0 Å². The summed E-state index contributed by atoms with van der Waals surface area (Å²) in [6.45, 7) is 6.88. The number of nitrogens with one attached hydrogen (secondary N) is 1. The van der Waals surface area contributed by atoms with E-state index < -0.39 is 0 Å². The summed E-state index contributed by atoms with van der Waals surface area (Å²) in [7, 11) is 1.71. The minimum Gasteiger partial charge on any atom is -0.385 e. The van der Waals surface area contributed by atoms with Crippen LogP contribution in [0.4, 0.5) is 0 Å². The summed E-state index contributed by atoms with van der Waals surface area (Å²) < 4.78 is 15.8. The molecule has 17 heavy (non-hydrogen) atoms. The van der Waals surface area contributed by atoms with Crippen molar-refractivity contribution in [1.29, 1.82) is 0 Å². The largest absolute Gasteiger partial charge is 0.385 e. The summed E-state index contributed by atoms with van der Waals surface area (Å²) in [6.07, 6.45) is 3.74. The van der Waals surface area contributed by atoms with Crippen LogP contribution in [0.2, 0.25) is 0 Å². The topological polar surface area (TPSA) is 39.7 Å². The third-order valence-electron chi connectivity index (χ3n) is 3.05. The Morgan fingerprint density at radius 3 is 2.41 bits per heavy atom. The molecule has 1 aliphatic carbocycles. The van der Waals surface area contributed by atoms with Crippen LogP contribution < -0.4 is 5.32 Å². The molecule has 1 fully saturated rings. The lowest BCUT2D eigenvalue weighted by molar-refractivity contribution is 0.0403. The summed E-state index contributed by atoms with van der Waals surface area (Å²) in [5.41, 5.74) is 0. The van der Waals surface area contributed by atoms with E-state index in [4.69, 9.17) is 14.2 Å². The van der Waals surface area contributed by atoms with Crippen molar-refractivity contribution in [3.8, 4) is 0 Å². The van der Waals surface area contributed by atoms with Crippen LogP contribution in [0.25, 0.3) is 0 Å². The standard InChI is InChI=1S/C13H27NO3/c1-12(13-4-5-13)14-6-9-17-11-10-16-8-3-7-15-2/h12-14H,3-11H2,1-2H3. The number of methoxy groups -OCH3 is 1. The molecule has 0 bridgehead atoms. The second-order valence-electron chi connectivity index (χ2n) is 4.65. The van der Waals surface area contributed by atoms with E-state index >= 15 is 0 Å². The molecule has 1 rings (SSSR count). The van der Waals surface area contributed by atoms with Gasteiger partial charge in [0.2, 0.25) is 0 Å². The van der Waals surface area contributed by atoms with E-state index in [0.717, 1.165) is 38.7 Å². The second-order valence-corrected chi connectivity index (χ2v) is 4.65. The molecule has 0 spiro atoms. The number of hydrogen-bond acceptors (Lipinski definition) is 4. The van der Waals surface area contributed by atoms with Gasteiger partial charge in [-0.2, -0.15) is 0 Å². The van der Waals surface area contributed by atoms with Crippen molar-refractivity contribution in [1.82, 2.24) is 5.32 Å². The van der Waals surface area contributed by atoms with Gasteiger partial charge in [-0.3, -0.25) is 0 Å². The first kappa shape index (κ1) is 14.9. The molecule has 0 aromatic heterocycles. The molecular formula is C13H27NO3.